The number of amides is 3. The SMILES string of the molecule is COCCCNC(=O)N1CCc2cc(O)c(N3CC(=O)NS3=O)c(F)c2C1. The Morgan fingerprint density at radius 3 is 2.93 bits per heavy atom. The number of anilines is 1. The van der Waals surface area contributed by atoms with E-state index in [-0.39, 0.29) is 36.1 Å². The molecule has 2 aliphatic heterocycles. The molecule has 3 rings (SSSR count). The molecule has 11 heteroatoms. The van der Waals surface area contributed by atoms with Gasteiger partial charge in [-0.05, 0) is 24.5 Å². The number of phenols is 1. The smallest absolute Gasteiger partial charge is 0.317 e. The average molecular weight is 400 g/mol. The number of hydrogen-bond acceptors (Lipinski definition) is 5. The van der Waals surface area contributed by atoms with E-state index in [1.165, 1.54) is 11.0 Å². The summed E-state index contributed by atoms with van der Waals surface area (Å²) < 4.78 is 35.1. The summed E-state index contributed by atoms with van der Waals surface area (Å²) in [6.45, 7) is 1.06. The van der Waals surface area contributed by atoms with Crippen molar-refractivity contribution in [1.82, 2.24) is 14.9 Å². The molecule has 3 amide bonds. The number of carbonyl (C=O) groups excluding carboxylic acids is 2. The highest BCUT2D eigenvalue weighted by Crippen LogP contribution is 2.38. The molecule has 1 saturated heterocycles. The van der Waals surface area contributed by atoms with E-state index in [0.717, 1.165) is 4.31 Å². The van der Waals surface area contributed by atoms with Gasteiger partial charge >= 0.3 is 6.03 Å². The molecular formula is C16H21FN4O5S. The fourth-order valence-corrected chi connectivity index (χ4v) is 4.05. The second-order valence-corrected chi connectivity index (χ2v) is 7.40. The van der Waals surface area contributed by atoms with Gasteiger partial charge in [0.15, 0.2) is 5.82 Å². The van der Waals surface area contributed by atoms with Crippen molar-refractivity contribution >= 4 is 28.8 Å². The normalized spacial score (nSPS) is 19.0. The Kier molecular flexibility index (Phi) is 5.80. The van der Waals surface area contributed by atoms with Crippen molar-refractivity contribution in [3.63, 3.8) is 0 Å². The van der Waals surface area contributed by atoms with Gasteiger partial charge in [0.05, 0.1) is 6.54 Å². The zero-order valence-corrected chi connectivity index (χ0v) is 15.6. The highest BCUT2D eigenvalue weighted by atomic mass is 32.2. The van der Waals surface area contributed by atoms with Crippen LogP contribution in [0.4, 0.5) is 14.9 Å². The summed E-state index contributed by atoms with van der Waals surface area (Å²) in [5, 5.41) is 12.9. The van der Waals surface area contributed by atoms with Crippen molar-refractivity contribution < 1.29 is 28.0 Å². The predicted octanol–water partition coefficient (Wildman–Crippen LogP) is 0.150. The van der Waals surface area contributed by atoms with Gasteiger partial charge < -0.3 is 20.1 Å². The van der Waals surface area contributed by atoms with Crippen LogP contribution in [0.3, 0.4) is 0 Å². The molecule has 9 nitrogen and oxygen atoms in total. The van der Waals surface area contributed by atoms with Crippen LogP contribution in [-0.2, 0) is 33.7 Å². The van der Waals surface area contributed by atoms with Gasteiger partial charge in [0, 0.05) is 32.4 Å². The lowest BCUT2D eigenvalue weighted by atomic mass is 9.97. The molecule has 2 heterocycles. The number of fused-ring (bicyclic) bond motifs is 1. The molecule has 1 unspecified atom stereocenters. The van der Waals surface area contributed by atoms with E-state index >= 15 is 4.39 Å². The van der Waals surface area contributed by atoms with Crippen LogP contribution in [-0.4, -0.2) is 59.5 Å². The van der Waals surface area contributed by atoms with Crippen molar-refractivity contribution in [3.05, 3.63) is 23.0 Å². The van der Waals surface area contributed by atoms with Crippen molar-refractivity contribution in [3.8, 4) is 5.75 Å². The Balaban J connectivity index is 1.79. The minimum Gasteiger partial charge on any atom is -0.506 e. The Hall–Kier alpha value is -2.40. The van der Waals surface area contributed by atoms with Crippen LogP contribution < -0.4 is 14.3 Å². The Labute approximate surface area is 158 Å². The summed E-state index contributed by atoms with van der Waals surface area (Å²) in [6.07, 6.45) is 1.05. The second-order valence-electron chi connectivity index (χ2n) is 6.26. The number of methoxy groups -OCH3 is 1. The Morgan fingerprint density at radius 1 is 1.48 bits per heavy atom. The minimum atomic E-state index is -1.96. The molecular weight excluding hydrogens is 379 g/mol. The topological polar surface area (TPSA) is 111 Å². The number of phenolic OH excluding ortho intramolecular Hbond substituents is 1. The first-order valence-electron chi connectivity index (χ1n) is 8.46. The number of nitrogens with one attached hydrogen (secondary N) is 2. The average Bonchev–Trinajstić information content (AvgIpc) is 2.96. The first-order valence-corrected chi connectivity index (χ1v) is 9.57. The highest BCUT2D eigenvalue weighted by molar-refractivity contribution is 7.85. The predicted molar refractivity (Wildman–Crippen MR) is 95.7 cm³/mol. The largest absolute Gasteiger partial charge is 0.506 e. The quantitative estimate of drug-likeness (QED) is 0.610. The molecule has 148 valence electrons. The van der Waals surface area contributed by atoms with E-state index in [2.05, 4.69) is 10.0 Å². The molecule has 0 bridgehead atoms. The highest BCUT2D eigenvalue weighted by Gasteiger charge is 2.34. The fraction of sp³-hybridized carbons (Fsp3) is 0.500. The lowest BCUT2D eigenvalue weighted by Crippen LogP contribution is -2.43. The zero-order chi connectivity index (χ0) is 19.6. The Bertz CT molecular complexity index is 791. The van der Waals surface area contributed by atoms with E-state index in [0.29, 0.717) is 38.1 Å². The summed E-state index contributed by atoms with van der Waals surface area (Å²) >= 11 is -1.96. The molecule has 0 spiro atoms. The third kappa shape index (κ3) is 3.98. The molecule has 2 aliphatic rings. The molecule has 0 radical (unpaired) electrons. The van der Waals surface area contributed by atoms with Crippen molar-refractivity contribution in [2.75, 3.05) is 37.7 Å². The zero-order valence-electron chi connectivity index (χ0n) is 14.8. The summed E-state index contributed by atoms with van der Waals surface area (Å²) in [5.74, 6) is -1.68. The van der Waals surface area contributed by atoms with Crippen molar-refractivity contribution in [2.24, 2.45) is 0 Å². The Morgan fingerprint density at radius 2 is 2.26 bits per heavy atom. The van der Waals surface area contributed by atoms with E-state index in [4.69, 9.17) is 4.74 Å². The van der Waals surface area contributed by atoms with Crippen LogP contribution >= 0.6 is 0 Å². The van der Waals surface area contributed by atoms with Crippen LogP contribution in [0.25, 0.3) is 0 Å². The van der Waals surface area contributed by atoms with Gasteiger partial charge in [-0.2, -0.15) is 0 Å². The number of benzene rings is 1. The molecule has 1 aromatic carbocycles. The summed E-state index contributed by atoms with van der Waals surface area (Å²) in [5.41, 5.74) is 0.534. The van der Waals surface area contributed by atoms with Gasteiger partial charge in [0.2, 0.25) is 11.2 Å². The number of carbonyl (C=O) groups is 2. The first-order chi connectivity index (χ1) is 12.9. The number of hydrogen-bond donors (Lipinski definition) is 3. The summed E-state index contributed by atoms with van der Waals surface area (Å²) in [4.78, 5) is 25.2. The molecule has 0 aromatic heterocycles. The maximum atomic E-state index is 15.1. The molecule has 1 atom stereocenters. The van der Waals surface area contributed by atoms with Gasteiger partial charge in [-0.25, -0.2) is 13.4 Å². The van der Waals surface area contributed by atoms with Crippen LogP contribution in [0.2, 0.25) is 0 Å². The van der Waals surface area contributed by atoms with Gasteiger partial charge in [-0.3, -0.25) is 13.8 Å². The number of rotatable bonds is 5. The maximum Gasteiger partial charge on any atom is 0.317 e. The van der Waals surface area contributed by atoms with Crippen molar-refractivity contribution in [2.45, 2.75) is 19.4 Å². The monoisotopic (exact) mass is 400 g/mol. The third-order valence-corrected chi connectivity index (χ3v) is 5.55. The molecule has 1 fully saturated rings. The maximum absolute atomic E-state index is 15.1. The molecule has 3 N–H and O–H groups in total. The van der Waals surface area contributed by atoms with E-state index < -0.39 is 22.9 Å². The van der Waals surface area contributed by atoms with Crippen LogP contribution in [0, 0.1) is 5.82 Å². The van der Waals surface area contributed by atoms with Crippen LogP contribution in [0.1, 0.15) is 17.5 Å². The number of ether oxygens (including phenoxy) is 1. The van der Waals surface area contributed by atoms with Crippen LogP contribution in [0.15, 0.2) is 6.07 Å². The first kappa shape index (κ1) is 19.4. The molecule has 0 aliphatic carbocycles. The summed E-state index contributed by atoms with van der Waals surface area (Å²) in [6, 6.07) is 1.09. The standard InChI is InChI=1S/C16H21FN4O5S/c1-26-6-2-4-18-16(24)20-5-3-10-7-12(22)15(14(17)11(10)8-20)21-9-13(23)19-27(21)25/h7,22H,2-6,8-9H2,1H3,(H,18,24)(H,19,23). The fourth-order valence-electron chi connectivity index (χ4n) is 3.11. The molecule has 1 aromatic rings. The number of aromatic hydroxyl groups is 1. The number of urea groups is 1. The van der Waals surface area contributed by atoms with Crippen LogP contribution in [0.5, 0.6) is 5.75 Å². The van der Waals surface area contributed by atoms with Gasteiger partial charge in [-0.1, -0.05) is 0 Å². The number of halogens is 1. The minimum absolute atomic E-state index is 0.0202. The molecule has 27 heavy (non-hydrogen) atoms. The van der Waals surface area contributed by atoms with E-state index in [9.17, 15) is 18.9 Å². The lowest BCUT2D eigenvalue weighted by Gasteiger charge is -2.30. The van der Waals surface area contributed by atoms with E-state index in [1.54, 1.807) is 7.11 Å². The van der Waals surface area contributed by atoms with Gasteiger partial charge in [-0.15, -0.1) is 0 Å². The molecule has 0 saturated carbocycles. The van der Waals surface area contributed by atoms with Gasteiger partial charge in [0.1, 0.15) is 18.0 Å². The third-order valence-electron chi connectivity index (χ3n) is 4.44. The van der Waals surface area contributed by atoms with Crippen molar-refractivity contribution in [1.29, 1.82) is 0 Å². The van der Waals surface area contributed by atoms with E-state index in [1.807, 2.05) is 0 Å². The lowest BCUT2D eigenvalue weighted by molar-refractivity contribution is -0.117. The van der Waals surface area contributed by atoms with Gasteiger partial charge in [0.25, 0.3) is 5.91 Å². The second kappa shape index (κ2) is 8.09. The summed E-state index contributed by atoms with van der Waals surface area (Å²) in [7, 11) is 1.58. The number of nitrogens with zero attached hydrogens (tertiary/aromatic N) is 2.